The fraction of sp³-hybridized carbons (Fsp3) is 0.222. The van der Waals surface area contributed by atoms with Gasteiger partial charge in [0.25, 0.3) is 5.91 Å². The van der Waals surface area contributed by atoms with Crippen LogP contribution in [0.5, 0.6) is 0 Å². The highest BCUT2D eigenvalue weighted by Crippen LogP contribution is 2.55. The molecule has 1 saturated heterocycles. The highest BCUT2D eigenvalue weighted by molar-refractivity contribution is 8.02. The molecule has 0 bridgehead atoms. The molecule has 3 aromatic rings. The third-order valence-electron chi connectivity index (χ3n) is 6.31. The fourth-order valence-corrected chi connectivity index (χ4v) is 6.05. The van der Waals surface area contributed by atoms with E-state index in [9.17, 15) is 14.4 Å². The maximum atomic E-state index is 14.0. The molecule has 0 unspecified atom stereocenters. The molecule has 3 amide bonds. The molecule has 1 N–H and O–H groups in total. The van der Waals surface area contributed by atoms with Crippen LogP contribution in [-0.4, -0.2) is 30.0 Å². The van der Waals surface area contributed by atoms with Gasteiger partial charge >= 0.3 is 0 Å². The Morgan fingerprint density at radius 1 is 0.971 bits per heavy atom. The first-order valence-electron chi connectivity index (χ1n) is 11.1. The lowest BCUT2D eigenvalue weighted by atomic mass is 10.0. The zero-order valence-electron chi connectivity index (χ0n) is 19.3. The van der Waals surface area contributed by atoms with E-state index in [-0.39, 0.29) is 30.0 Å². The number of anilines is 3. The molecule has 2 aliphatic rings. The molecule has 0 aromatic heterocycles. The zero-order chi connectivity index (χ0) is 24.0. The van der Waals surface area contributed by atoms with E-state index in [1.54, 1.807) is 4.90 Å². The summed E-state index contributed by atoms with van der Waals surface area (Å²) in [5.74, 6) is -0.501. The van der Waals surface area contributed by atoms with Crippen LogP contribution in [0.4, 0.5) is 17.1 Å². The minimum Gasteiger partial charge on any atom is -0.324 e. The second kappa shape index (κ2) is 8.33. The zero-order valence-corrected chi connectivity index (χ0v) is 20.1. The smallest absolute Gasteiger partial charge is 0.269 e. The first kappa shape index (κ1) is 22.2. The highest BCUT2D eigenvalue weighted by Gasteiger charge is 2.61. The Balaban J connectivity index is 1.50. The molecule has 2 aliphatic heterocycles. The number of carbonyl (C=O) groups excluding carboxylic acids is 3. The molecule has 1 atom stereocenters. The molecule has 34 heavy (non-hydrogen) atoms. The number of hydrogen-bond donors (Lipinski definition) is 1. The van der Waals surface area contributed by atoms with Gasteiger partial charge in [-0.15, -0.1) is 11.8 Å². The second-order valence-corrected chi connectivity index (χ2v) is 9.94. The Labute approximate surface area is 202 Å². The van der Waals surface area contributed by atoms with Gasteiger partial charge in [0.2, 0.25) is 16.7 Å². The first-order chi connectivity index (χ1) is 16.3. The number of thioether (sulfide) groups is 1. The highest BCUT2D eigenvalue weighted by atomic mass is 32.2. The van der Waals surface area contributed by atoms with Crippen LogP contribution >= 0.6 is 11.8 Å². The lowest BCUT2D eigenvalue weighted by Crippen LogP contribution is -2.50. The van der Waals surface area contributed by atoms with Crippen LogP contribution in [-0.2, 0) is 19.3 Å². The molecule has 172 valence electrons. The molecular formula is C27H25N3O3S. The van der Waals surface area contributed by atoms with Gasteiger partial charge in [-0.05, 0) is 50.6 Å². The predicted molar refractivity (Wildman–Crippen MR) is 136 cm³/mol. The monoisotopic (exact) mass is 471 g/mol. The van der Waals surface area contributed by atoms with Crippen LogP contribution in [0, 0.1) is 20.8 Å². The minimum atomic E-state index is -1.22. The second-order valence-electron chi connectivity index (χ2n) is 8.77. The summed E-state index contributed by atoms with van der Waals surface area (Å²) in [5, 5.41) is 2.93. The molecule has 0 saturated carbocycles. The van der Waals surface area contributed by atoms with Crippen LogP contribution in [0.15, 0.2) is 66.7 Å². The van der Waals surface area contributed by atoms with Crippen molar-refractivity contribution >= 4 is 46.5 Å². The summed E-state index contributed by atoms with van der Waals surface area (Å²) in [5.41, 5.74) is 5.92. The Bertz CT molecular complexity index is 1320. The molecule has 5 rings (SSSR count). The van der Waals surface area contributed by atoms with Crippen LogP contribution in [0.25, 0.3) is 0 Å². The van der Waals surface area contributed by atoms with Crippen molar-refractivity contribution < 1.29 is 14.4 Å². The molecule has 0 aliphatic carbocycles. The van der Waals surface area contributed by atoms with Gasteiger partial charge in [0.1, 0.15) is 6.54 Å². The lowest BCUT2D eigenvalue weighted by molar-refractivity contribution is -0.124. The van der Waals surface area contributed by atoms with Crippen LogP contribution < -0.4 is 15.1 Å². The standard InChI is InChI=1S/C27H25N3O3S/c1-17-8-11-20(12-9-17)30-25(32)16-34-27(30)21-6-4-5-7-23(21)29(26(27)33)15-24(31)28-22-13-10-18(2)14-19(22)3/h4-14H,15-16H2,1-3H3,(H,28,31)/t27-/m1/s1. The fourth-order valence-electron chi connectivity index (χ4n) is 4.69. The van der Waals surface area contributed by atoms with E-state index in [1.165, 1.54) is 16.7 Å². The normalized spacial score (nSPS) is 19.1. The number of nitrogens with zero attached hydrogens (tertiary/aromatic N) is 2. The number of rotatable bonds is 4. The van der Waals surface area contributed by atoms with E-state index < -0.39 is 4.87 Å². The number of benzene rings is 3. The van der Waals surface area contributed by atoms with E-state index in [0.717, 1.165) is 27.9 Å². The number of amides is 3. The number of aryl methyl sites for hydroxylation is 3. The van der Waals surface area contributed by atoms with Gasteiger partial charge in [-0.2, -0.15) is 0 Å². The summed E-state index contributed by atoms with van der Waals surface area (Å²) in [6.07, 6.45) is 0. The van der Waals surface area contributed by atoms with Gasteiger partial charge in [0.05, 0.1) is 11.4 Å². The van der Waals surface area contributed by atoms with E-state index in [2.05, 4.69) is 5.32 Å². The quantitative estimate of drug-likeness (QED) is 0.607. The molecule has 1 fully saturated rings. The number of para-hydroxylation sites is 1. The van der Waals surface area contributed by atoms with Crippen molar-refractivity contribution in [3.05, 3.63) is 89.0 Å². The molecule has 7 heteroatoms. The third-order valence-corrected chi connectivity index (χ3v) is 7.70. The van der Waals surface area contributed by atoms with Crippen molar-refractivity contribution in [2.75, 3.05) is 27.4 Å². The average molecular weight is 472 g/mol. The van der Waals surface area contributed by atoms with Gasteiger partial charge in [-0.1, -0.05) is 53.6 Å². The number of carbonyl (C=O) groups is 3. The van der Waals surface area contributed by atoms with Gasteiger partial charge in [-0.3, -0.25) is 24.2 Å². The van der Waals surface area contributed by atoms with Crippen molar-refractivity contribution in [2.24, 2.45) is 0 Å². The van der Waals surface area contributed by atoms with Crippen molar-refractivity contribution in [1.82, 2.24) is 0 Å². The largest absolute Gasteiger partial charge is 0.324 e. The Hall–Kier alpha value is -3.58. The maximum absolute atomic E-state index is 14.0. The SMILES string of the molecule is Cc1ccc(N2C(=O)CS[C@]23C(=O)N(CC(=O)Nc2ccc(C)cc2C)c2ccccc23)cc1. The van der Waals surface area contributed by atoms with E-state index in [4.69, 9.17) is 0 Å². The van der Waals surface area contributed by atoms with Gasteiger partial charge in [-0.25, -0.2) is 0 Å². The van der Waals surface area contributed by atoms with Crippen molar-refractivity contribution in [3.63, 3.8) is 0 Å². The minimum absolute atomic E-state index is 0.126. The van der Waals surface area contributed by atoms with E-state index >= 15 is 0 Å². The molecule has 0 radical (unpaired) electrons. The Morgan fingerprint density at radius 2 is 1.68 bits per heavy atom. The van der Waals surface area contributed by atoms with Crippen molar-refractivity contribution in [1.29, 1.82) is 0 Å². The van der Waals surface area contributed by atoms with Crippen LogP contribution in [0.3, 0.4) is 0 Å². The van der Waals surface area contributed by atoms with Gasteiger partial charge < -0.3 is 5.32 Å². The van der Waals surface area contributed by atoms with Crippen molar-refractivity contribution in [2.45, 2.75) is 25.6 Å². The molecule has 2 heterocycles. The van der Waals surface area contributed by atoms with E-state index in [0.29, 0.717) is 11.4 Å². The average Bonchev–Trinajstić information content (AvgIpc) is 3.27. The Kier molecular flexibility index (Phi) is 5.44. The first-order valence-corrected chi connectivity index (χ1v) is 12.1. The predicted octanol–water partition coefficient (Wildman–Crippen LogP) is 4.53. The topological polar surface area (TPSA) is 69.7 Å². The molecule has 1 spiro atoms. The van der Waals surface area contributed by atoms with E-state index in [1.807, 2.05) is 87.5 Å². The van der Waals surface area contributed by atoms with Gasteiger partial charge in [0.15, 0.2) is 0 Å². The summed E-state index contributed by atoms with van der Waals surface area (Å²) in [4.78, 5) is 42.0. The summed E-state index contributed by atoms with van der Waals surface area (Å²) in [6.45, 7) is 5.78. The maximum Gasteiger partial charge on any atom is 0.269 e. The number of nitrogens with one attached hydrogen (secondary N) is 1. The number of fused-ring (bicyclic) bond motifs is 2. The molecule has 6 nitrogen and oxygen atoms in total. The molecular weight excluding hydrogens is 446 g/mol. The third kappa shape index (κ3) is 3.47. The van der Waals surface area contributed by atoms with Crippen molar-refractivity contribution in [3.8, 4) is 0 Å². The summed E-state index contributed by atoms with van der Waals surface area (Å²) in [7, 11) is 0. The number of hydrogen-bond acceptors (Lipinski definition) is 4. The van der Waals surface area contributed by atoms with Crippen LogP contribution in [0.1, 0.15) is 22.3 Å². The lowest BCUT2D eigenvalue weighted by Gasteiger charge is -2.33. The molecule has 3 aromatic carbocycles. The summed E-state index contributed by atoms with van der Waals surface area (Å²) < 4.78 is 0. The summed E-state index contributed by atoms with van der Waals surface area (Å²) in [6, 6.07) is 20.8. The van der Waals surface area contributed by atoms with Crippen LogP contribution in [0.2, 0.25) is 0 Å². The van der Waals surface area contributed by atoms with Gasteiger partial charge in [0, 0.05) is 16.9 Å². The Morgan fingerprint density at radius 3 is 2.41 bits per heavy atom. The summed E-state index contributed by atoms with van der Waals surface area (Å²) >= 11 is 1.31.